The van der Waals surface area contributed by atoms with Gasteiger partial charge >= 0.3 is 0 Å². The van der Waals surface area contributed by atoms with E-state index < -0.39 is 0 Å². The zero-order valence-electron chi connectivity index (χ0n) is 16.9. The monoisotopic (exact) mass is 416 g/mol. The standard InChI is InChI=1S/C21H20N8O2/c1-28-12-14(10-22-28)3-7-19(30)24-16-5-6-18-17(9-16)21(27-26-18)25-20(31)8-4-15-11-23-29(2)13-15/h3-13H,1-2H3,(H,24,30)(H2,25,26,27,31)/b7-3+,8-4+. The maximum Gasteiger partial charge on any atom is 0.249 e. The van der Waals surface area contributed by atoms with Gasteiger partial charge in [-0.15, -0.1) is 0 Å². The number of aryl methyl sites for hydroxylation is 2. The van der Waals surface area contributed by atoms with Crippen LogP contribution in [0.15, 0.2) is 55.1 Å². The number of nitrogens with one attached hydrogen (secondary N) is 3. The van der Waals surface area contributed by atoms with E-state index in [-0.39, 0.29) is 11.8 Å². The average molecular weight is 416 g/mol. The van der Waals surface area contributed by atoms with Crippen molar-refractivity contribution in [2.45, 2.75) is 0 Å². The van der Waals surface area contributed by atoms with Crippen molar-refractivity contribution in [3.05, 3.63) is 66.3 Å². The maximum atomic E-state index is 12.3. The number of amides is 2. The number of aromatic nitrogens is 6. The summed E-state index contributed by atoms with van der Waals surface area (Å²) in [6.45, 7) is 0. The fourth-order valence-corrected chi connectivity index (χ4v) is 2.93. The molecule has 10 heteroatoms. The predicted octanol–water partition coefficient (Wildman–Crippen LogP) is 2.33. The fourth-order valence-electron chi connectivity index (χ4n) is 2.93. The van der Waals surface area contributed by atoms with E-state index in [1.165, 1.54) is 12.2 Å². The van der Waals surface area contributed by atoms with Crippen molar-refractivity contribution >= 4 is 46.4 Å². The van der Waals surface area contributed by atoms with Crippen LogP contribution < -0.4 is 10.6 Å². The molecule has 4 aromatic rings. The number of carbonyl (C=O) groups is 2. The first-order valence-corrected chi connectivity index (χ1v) is 9.40. The van der Waals surface area contributed by atoms with Crippen molar-refractivity contribution in [2.24, 2.45) is 14.1 Å². The van der Waals surface area contributed by atoms with Gasteiger partial charge in [0.15, 0.2) is 5.82 Å². The first-order chi connectivity index (χ1) is 15.0. The first-order valence-electron chi connectivity index (χ1n) is 9.40. The molecule has 0 atom stereocenters. The van der Waals surface area contributed by atoms with E-state index in [9.17, 15) is 9.59 Å². The zero-order valence-corrected chi connectivity index (χ0v) is 16.9. The van der Waals surface area contributed by atoms with Crippen molar-refractivity contribution in [3.8, 4) is 0 Å². The van der Waals surface area contributed by atoms with Gasteiger partial charge in [0.2, 0.25) is 11.8 Å². The molecule has 1 aromatic carbocycles. The van der Waals surface area contributed by atoms with Gasteiger partial charge < -0.3 is 10.6 Å². The number of anilines is 2. The van der Waals surface area contributed by atoms with Gasteiger partial charge in [-0.2, -0.15) is 15.3 Å². The molecule has 0 spiro atoms. The van der Waals surface area contributed by atoms with E-state index >= 15 is 0 Å². The Morgan fingerprint density at radius 2 is 1.55 bits per heavy atom. The van der Waals surface area contributed by atoms with E-state index in [2.05, 4.69) is 31.0 Å². The summed E-state index contributed by atoms with van der Waals surface area (Å²) in [6.07, 6.45) is 13.1. The van der Waals surface area contributed by atoms with E-state index in [0.717, 1.165) is 16.6 Å². The summed E-state index contributed by atoms with van der Waals surface area (Å²) in [5, 5.41) is 21.3. The summed E-state index contributed by atoms with van der Waals surface area (Å²) in [5.41, 5.74) is 2.95. The summed E-state index contributed by atoms with van der Waals surface area (Å²) >= 11 is 0. The smallest absolute Gasteiger partial charge is 0.249 e. The number of rotatable bonds is 6. The second-order valence-electron chi connectivity index (χ2n) is 6.87. The van der Waals surface area contributed by atoms with Crippen molar-refractivity contribution < 1.29 is 9.59 Å². The molecule has 0 saturated heterocycles. The van der Waals surface area contributed by atoms with E-state index in [4.69, 9.17) is 0 Å². The second kappa shape index (κ2) is 8.49. The predicted molar refractivity (Wildman–Crippen MR) is 118 cm³/mol. The molecule has 2 amide bonds. The Labute approximate surface area is 177 Å². The maximum absolute atomic E-state index is 12.3. The highest BCUT2D eigenvalue weighted by Crippen LogP contribution is 2.24. The minimum atomic E-state index is -0.328. The lowest BCUT2D eigenvalue weighted by molar-refractivity contribution is -0.112. The lowest BCUT2D eigenvalue weighted by Gasteiger charge is -2.03. The molecule has 0 aliphatic carbocycles. The van der Waals surface area contributed by atoms with Gasteiger partial charge in [-0.25, -0.2) is 0 Å². The summed E-state index contributed by atoms with van der Waals surface area (Å²) in [7, 11) is 3.61. The third-order valence-corrected chi connectivity index (χ3v) is 4.38. The number of nitrogens with zero attached hydrogens (tertiary/aromatic N) is 5. The summed E-state index contributed by atoms with van der Waals surface area (Å²) < 4.78 is 3.31. The van der Waals surface area contributed by atoms with Crippen LogP contribution in [0.5, 0.6) is 0 Å². The van der Waals surface area contributed by atoms with Crippen molar-refractivity contribution in [1.82, 2.24) is 29.8 Å². The number of hydrogen-bond donors (Lipinski definition) is 3. The van der Waals surface area contributed by atoms with Gasteiger partial charge in [0.1, 0.15) is 0 Å². The van der Waals surface area contributed by atoms with E-state index in [1.807, 2.05) is 7.05 Å². The molecule has 10 nitrogen and oxygen atoms in total. The summed E-state index contributed by atoms with van der Waals surface area (Å²) in [5.74, 6) is -0.236. The van der Waals surface area contributed by atoms with Crippen LogP contribution in [0.3, 0.4) is 0 Å². The van der Waals surface area contributed by atoms with Crippen LogP contribution in [0.1, 0.15) is 11.1 Å². The van der Waals surface area contributed by atoms with Gasteiger partial charge in [0.05, 0.1) is 17.9 Å². The largest absolute Gasteiger partial charge is 0.322 e. The molecule has 0 unspecified atom stereocenters. The van der Waals surface area contributed by atoms with Crippen LogP contribution in [0.4, 0.5) is 11.5 Å². The van der Waals surface area contributed by atoms with Crippen LogP contribution in [-0.4, -0.2) is 41.6 Å². The molecule has 4 rings (SSSR count). The highest BCUT2D eigenvalue weighted by Gasteiger charge is 2.09. The molecule has 3 heterocycles. The number of fused-ring (bicyclic) bond motifs is 1. The summed E-state index contributed by atoms with van der Waals surface area (Å²) in [6, 6.07) is 5.28. The lowest BCUT2D eigenvalue weighted by atomic mass is 10.2. The molecule has 0 fully saturated rings. The summed E-state index contributed by atoms with van der Waals surface area (Å²) in [4.78, 5) is 24.5. The first kappa shape index (κ1) is 19.8. The fraction of sp³-hybridized carbons (Fsp3) is 0.0952. The van der Waals surface area contributed by atoms with Crippen molar-refractivity contribution in [2.75, 3.05) is 10.6 Å². The topological polar surface area (TPSA) is 123 Å². The van der Waals surface area contributed by atoms with Gasteiger partial charge in [-0.3, -0.25) is 24.1 Å². The normalized spacial score (nSPS) is 11.5. The molecule has 31 heavy (non-hydrogen) atoms. The Hall–Kier alpha value is -4.47. The van der Waals surface area contributed by atoms with Crippen LogP contribution in [-0.2, 0) is 23.7 Å². The molecule has 156 valence electrons. The van der Waals surface area contributed by atoms with Gasteiger partial charge in [0.25, 0.3) is 0 Å². The number of hydrogen-bond acceptors (Lipinski definition) is 5. The molecule has 0 aliphatic rings. The minimum absolute atomic E-state index is 0.281. The Kier molecular flexibility index (Phi) is 5.43. The number of carbonyl (C=O) groups excluding carboxylic acids is 2. The van der Waals surface area contributed by atoms with Crippen molar-refractivity contribution in [3.63, 3.8) is 0 Å². The lowest BCUT2D eigenvalue weighted by Crippen LogP contribution is -2.09. The SMILES string of the molecule is Cn1cc(/C=C/C(=O)Nc2ccc3[nH]nc(NC(=O)/C=C/c4cnn(C)c4)c3c2)cn1. The Morgan fingerprint density at radius 1 is 0.935 bits per heavy atom. The van der Waals surface area contributed by atoms with E-state index in [1.54, 1.807) is 71.5 Å². The van der Waals surface area contributed by atoms with Gasteiger partial charge in [-0.05, 0) is 30.4 Å². The third kappa shape index (κ3) is 4.93. The van der Waals surface area contributed by atoms with Crippen LogP contribution in [0.2, 0.25) is 0 Å². The average Bonchev–Trinajstić information content (AvgIpc) is 3.45. The van der Waals surface area contributed by atoms with Gasteiger partial charge in [-0.1, -0.05) is 0 Å². The highest BCUT2D eigenvalue weighted by molar-refractivity contribution is 6.07. The van der Waals surface area contributed by atoms with Crippen molar-refractivity contribution in [1.29, 1.82) is 0 Å². The Morgan fingerprint density at radius 3 is 2.13 bits per heavy atom. The molecule has 3 aromatic heterocycles. The number of H-pyrrole nitrogens is 1. The second-order valence-corrected chi connectivity index (χ2v) is 6.87. The molecular weight excluding hydrogens is 396 g/mol. The van der Waals surface area contributed by atoms with Crippen LogP contribution in [0.25, 0.3) is 23.1 Å². The zero-order chi connectivity index (χ0) is 21.8. The molecule has 0 aliphatic heterocycles. The number of benzene rings is 1. The van der Waals surface area contributed by atoms with Gasteiger partial charge in [0, 0.05) is 60.8 Å². The number of aromatic amines is 1. The van der Waals surface area contributed by atoms with Crippen LogP contribution in [0, 0.1) is 0 Å². The Bertz CT molecular complexity index is 1310. The van der Waals surface area contributed by atoms with Crippen LogP contribution >= 0.6 is 0 Å². The Balaban J connectivity index is 1.44. The molecule has 0 saturated carbocycles. The quantitative estimate of drug-likeness (QED) is 0.417. The molecular formula is C21H20N8O2. The molecule has 0 bridgehead atoms. The molecule has 3 N–H and O–H groups in total. The van der Waals surface area contributed by atoms with E-state index in [0.29, 0.717) is 16.9 Å². The molecule has 0 radical (unpaired) electrons. The minimum Gasteiger partial charge on any atom is -0.322 e. The third-order valence-electron chi connectivity index (χ3n) is 4.38. The highest BCUT2D eigenvalue weighted by atomic mass is 16.2.